The molecule has 24 heavy (non-hydrogen) atoms. The molecule has 0 aliphatic heterocycles. The molecule has 1 aliphatic carbocycles. The molecule has 10 heteroatoms. The number of hydrogen-bond acceptors (Lipinski definition) is 2. The largest absolute Gasteiger partial charge is 0.238 e. The summed E-state index contributed by atoms with van der Waals surface area (Å²) < 4.78 is 110. The van der Waals surface area contributed by atoms with Gasteiger partial charge in [-0.05, 0) is 0 Å². The Bertz CT molecular complexity index is 859. The lowest BCUT2D eigenvalue weighted by Gasteiger charge is -2.23. The first-order valence-electron chi connectivity index (χ1n) is 5.93. The Morgan fingerprint density at radius 3 is 1.58 bits per heavy atom. The van der Waals surface area contributed by atoms with E-state index >= 15 is 0 Å². The zero-order chi connectivity index (χ0) is 18.3. The predicted molar refractivity (Wildman–Crippen MR) is 62.6 cm³/mol. The van der Waals surface area contributed by atoms with Crippen molar-refractivity contribution in [2.75, 3.05) is 0 Å². The quantitative estimate of drug-likeness (QED) is 0.562. The lowest BCUT2D eigenvalue weighted by molar-refractivity contribution is 0.235. The Morgan fingerprint density at radius 2 is 1.17 bits per heavy atom. The van der Waals surface area contributed by atoms with Gasteiger partial charge in [0.15, 0.2) is 47.3 Å². The molecule has 2 nitrogen and oxygen atoms in total. The van der Waals surface area contributed by atoms with E-state index in [1.165, 1.54) is 0 Å². The summed E-state index contributed by atoms with van der Waals surface area (Å²) in [7, 11) is 0. The first-order chi connectivity index (χ1) is 11.2. The highest BCUT2D eigenvalue weighted by Gasteiger charge is 2.43. The molecule has 1 aromatic rings. The van der Waals surface area contributed by atoms with Crippen molar-refractivity contribution in [3.05, 3.63) is 51.6 Å². The summed E-state index contributed by atoms with van der Waals surface area (Å²) in [6.45, 7) is 0. The molecule has 0 aromatic heterocycles. The molecule has 0 spiro atoms. The molecule has 2 rings (SSSR count). The summed E-state index contributed by atoms with van der Waals surface area (Å²) in [6.07, 6.45) is -6.46. The minimum Gasteiger partial charge on any atom is -0.238 e. The Hall–Kier alpha value is -2.88. The third kappa shape index (κ3) is 2.22. The van der Waals surface area contributed by atoms with Gasteiger partial charge in [-0.2, -0.15) is 10.5 Å². The molecule has 0 radical (unpaired) electrons. The molecule has 0 N–H and O–H groups in total. The van der Waals surface area contributed by atoms with Gasteiger partial charge in [0.2, 0.25) is 0 Å². The molecular weight excluding hydrogens is 348 g/mol. The molecule has 1 aliphatic rings. The van der Waals surface area contributed by atoms with E-state index < -0.39 is 69.5 Å². The fourth-order valence-corrected chi connectivity index (χ4v) is 2.10. The van der Waals surface area contributed by atoms with E-state index in [4.69, 9.17) is 10.5 Å². The average Bonchev–Trinajstić information content (AvgIpc) is 2.55. The second-order valence-corrected chi connectivity index (χ2v) is 4.49. The van der Waals surface area contributed by atoms with Crippen LogP contribution in [0.15, 0.2) is 17.2 Å². The van der Waals surface area contributed by atoms with Crippen LogP contribution in [0.5, 0.6) is 0 Å². The van der Waals surface area contributed by atoms with Crippen molar-refractivity contribution in [3.63, 3.8) is 0 Å². The zero-order valence-electron chi connectivity index (χ0n) is 11.1. The summed E-state index contributed by atoms with van der Waals surface area (Å²) in [5.74, 6) is -14.0. The van der Waals surface area contributed by atoms with Crippen LogP contribution < -0.4 is 0 Å². The van der Waals surface area contributed by atoms with Crippen LogP contribution in [0.2, 0.25) is 0 Å². The van der Waals surface area contributed by atoms with Gasteiger partial charge in [-0.25, -0.2) is 35.1 Å². The van der Waals surface area contributed by atoms with Crippen LogP contribution in [0.4, 0.5) is 35.1 Å². The molecule has 0 heterocycles. The van der Waals surface area contributed by atoms with Crippen LogP contribution in [0.1, 0.15) is 11.1 Å². The van der Waals surface area contributed by atoms with Gasteiger partial charge in [0.05, 0.1) is 5.56 Å². The second-order valence-electron chi connectivity index (χ2n) is 4.49. The molecule has 0 saturated heterocycles. The minimum absolute atomic E-state index is 0.797. The third-order valence-corrected chi connectivity index (χ3v) is 3.24. The number of allylic oxidation sites excluding steroid dienone is 4. The summed E-state index contributed by atoms with van der Waals surface area (Å²) >= 11 is 0. The Labute approximate surface area is 128 Å². The van der Waals surface area contributed by atoms with Crippen LogP contribution in [0.25, 0.3) is 5.57 Å². The van der Waals surface area contributed by atoms with Gasteiger partial charge in [-0.1, -0.05) is 0 Å². The fourth-order valence-electron chi connectivity index (χ4n) is 2.10. The van der Waals surface area contributed by atoms with Crippen molar-refractivity contribution >= 4 is 5.57 Å². The van der Waals surface area contributed by atoms with Gasteiger partial charge >= 0.3 is 0 Å². The van der Waals surface area contributed by atoms with Gasteiger partial charge < -0.3 is 0 Å². The number of nitrogens with zero attached hydrogens (tertiary/aromatic N) is 2. The maximum absolute atomic E-state index is 13.9. The van der Waals surface area contributed by atoms with Gasteiger partial charge in [0.1, 0.15) is 23.3 Å². The summed E-state index contributed by atoms with van der Waals surface area (Å²) in [5.41, 5.74) is -7.34. The van der Waals surface area contributed by atoms with E-state index in [0.717, 1.165) is 12.1 Å². The molecule has 1 aromatic carbocycles. The minimum atomic E-state index is -3.31. The van der Waals surface area contributed by atoms with E-state index in [0.29, 0.717) is 0 Å². The molecule has 2 atom stereocenters. The van der Waals surface area contributed by atoms with Crippen molar-refractivity contribution in [1.82, 2.24) is 0 Å². The standard InChI is InChI=1S/C14H2F8N2/c15-7-3(1-23)8(16)12(20)5(11(7)19)6-13(21)9(17)4(2-24)10(18)14(6)22/h7,11H. The smallest absolute Gasteiger partial charge is 0.180 e. The molecule has 0 bridgehead atoms. The van der Waals surface area contributed by atoms with Gasteiger partial charge in [-0.15, -0.1) is 0 Å². The Balaban J connectivity index is 2.92. The highest BCUT2D eigenvalue weighted by molar-refractivity contribution is 5.78. The topological polar surface area (TPSA) is 47.6 Å². The summed E-state index contributed by atoms with van der Waals surface area (Å²) in [5, 5.41) is 16.9. The monoisotopic (exact) mass is 350 g/mol. The van der Waals surface area contributed by atoms with Crippen LogP contribution in [-0.2, 0) is 0 Å². The van der Waals surface area contributed by atoms with Crippen molar-refractivity contribution in [2.24, 2.45) is 0 Å². The van der Waals surface area contributed by atoms with E-state index in [-0.39, 0.29) is 0 Å². The van der Waals surface area contributed by atoms with E-state index in [1.54, 1.807) is 0 Å². The summed E-state index contributed by atoms with van der Waals surface area (Å²) in [4.78, 5) is 0. The highest BCUT2D eigenvalue weighted by atomic mass is 19.2. The predicted octanol–water partition coefficient (Wildman–Crippen LogP) is 4.23. The van der Waals surface area contributed by atoms with Crippen molar-refractivity contribution < 1.29 is 35.1 Å². The molecule has 2 unspecified atom stereocenters. The van der Waals surface area contributed by atoms with Gasteiger partial charge in [-0.3, -0.25) is 0 Å². The van der Waals surface area contributed by atoms with E-state index in [1.807, 2.05) is 0 Å². The molecule has 0 amide bonds. The molecule has 0 saturated carbocycles. The lowest BCUT2D eigenvalue weighted by Crippen LogP contribution is -2.27. The van der Waals surface area contributed by atoms with Crippen LogP contribution >= 0.6 is 0 Å². The first-order valence-corrected chi connectivity index (χ1v) is 5.93. The average molecular weight is 350 g/mol. The Morgan fingerprint density at radius 1 is 0.667 bits per heavy atom. The number of benzene rings is 1. The van der Waals surface area contributed by atoms with Crippen molar-refractivity contribution in [2.45, 2.75) is 12.3 Å². The number of alkyl halides is 2. The molecule has 0 fully saturated rings. The molecule has 124 valence electrons. The number of halogens is 8. The molecular formula is C14H2F8N2. The van der Waals surface area contributed by atoms with Crippen molar-refractivity contribution in [3.8, 4) is 12.1 Å². The van der Waals surface area contributed by atoms with Crippen LogP contribution in [0.3, 0.4) is 0 Å². The number of nitriles is 2. The highest BCUT2D eigenvalue weighted by Crippen LogP contribution is 2.43. The van der Waals surface area contributed by atoms with Gasteiger partial charge in [0.25, 0.3) is 0 Å². The normalized spacial score (nSPS) is 20.9. The lowest BCUT2D eigenvalue weighted by atomic mass is 9.88. The van der Waals surface area contributed by atoms with E-state index in [2.05, 4.69) is 0 Å². The number of hydrogen-bond donors (Lipinski definition) is 0. The first kappa shape index (κ1) is 17.5. The number of rotatable bonds is 1. The second kappa shape index (κ2) is 5.96. The van der Waals surface area contributed by atoms with Gasteiger partial charge in [0, 0.05) is 5.57 Å². The maximum Gasteiger partial charge on any atom is 0.180 e. The van der Waals surface area contributed by atoms with Crippen LogP contribution in [-0.4, -0.2) is 12.3 Å². The summed E-state index contributed by atoms with van der Waals surface area (Å²) in [6, 6.07) is 1.64. The maximum atomic E-state index is 13.9. The van der Waals surface area contributed by atoms with Crippen molar-refractivity contribution in [1.29, 1.82) is 10.5 Å². The SMILES string of the molecule is N#CC1=C(F)C(F)=C(c2c(F)c(F)c(C#N)c(F)c2F)C(F)C1F. The fraction of sp³-hybridized carbons (Fsp3) is 0.143. The zero-order valence-corrected chi connectivity index (χ0v) is 11.1. The Kier molecular flexibility index (Phi) is 4.34. The van der Waals surface area contributed by atoms with E-state index in [9.17, 15) is 35.1 Å². The van der Waals surface area contributed by atoms with Crippen LogP contribution in [0, 0.1) is 45.9 Å². The third-order valence-electron chi connectivity index (χ3n) is 3.24.